The van der Waals surface area contributed by atoms with Gasteiger partial charge < -0.3 is 9.47 Å². The van der Waals surface area contributed by atoms with Crippen molar-refractivity contribution in [2.24, 2.45) is 29.6 Å². The van der Waals surface area contributed by atoms with Crippen LogP contribution in [0.3, 0.4) is 0 Å². The molecule has 210 valence electrons. The van der Waals surface area contributed by atoms with Crippen molar-refractivity contribution in [1.29, 1.82) is 0 Å². The minimum Gasteiger partial charge on any atom is -0.381 e. The van der Waals surface area contributed by atoms with Crippen LogP contribution in [0, 0.1) is 29.6 Å². The van der Waals surface area contributed by atoms with Gasteiger partial charge in [-0.3, -0.25) is 10.9 Å². The molecule has 0 radical (unpaired) electrons. The quantitative estimate of drug-likeness (QED) is 0.307. The van der Waals surface area contributed by atoms with Gasteiger partial charge in [0, 0.05) is 52.1 Å². The first kappa shape index (κ1) is 28.8. The zero-order valence-corrected chi connectivity index (χ0v) is 23.8. The number of nitrogens with one attached hydrogen (secondary N) is 2. The Morgan fingerprint density at radius 2 is 1.36 bits per heavy atom. The SMILES string of the molecule is CCC1CCC(N(CC2CCOCC2)S(=O)(=O)C2CCC(C)C(CNNCC3CCOCC3)C2)CC1. The summed E-state index contributed by atoms with van der Waals surface area (Å²) >= 11 is 0. The average Bonchev–Trinajstić information content (AvgIpc) is 2.92. The maximum absolute atomic E-state index is 14.2. The molecule has 4 aliphatic rings. The molecular formula is C28H53N3O4S. The van der Waals surface area contributed by atoms with E-state index in [0.717, 1.165) is 103 Å². The Balaban J connectivity index is 1.36. The molecule has 2 saturated heterocycles. The lowest BCUT2D eigenvalue weighted by atomic mass is 9.80. The molecule has 4 fully saturated rings. The van der Waals surface area contributed by atoms with Gasteiger partial charge >= 0.3 is 0 Å². The Hall–Kier alpha value is -0.250. The van der Waals surface area contributed by atoms with E-state index in [0.29, 0.717) is 30.2 Å². The van der Waals surface area contributed by atoms with Gasteiger partial charge in [-0.25, -0.2) is 8.42 Å². The number of ether oxygens (including phenoxy) is 2. The first-order valence-electron chi connectivity index (χ1n) is 15.1. The van der Waals surface area contributed by atoms with Gasteiger partial charge in [0.25, 0.3) is 0 Å². The smallest absolute Gasteiger partial charge is 0.217 e. The third kappa shape index (κ3) is 7.89. The van der Waals surface area contributed by atoms with Crippen molar-refractivity contribution in [3.05, 3.63) is 0 Å². The number of hydrazine groups is 1. The van der Waals surface area contributed by atoms with Crippen LogP contribution in [0.15, 0.2) is 0 Å². The van der Waals surface area contributed by atoms with Crippen LogP contribution in [-0.2, 0) is 19.5 Å². The van der Waals surface area contributed by atoms with Crippen LogP contribution in [-0.4, -0.2) is 70.1 Å². The zero-order chi connectivity index (χ0) is 25.4. The summed E-state index contributed by atoms with van der Waals surface area (Å²) in [6.45, 7) is 10.4. The van der Waals surface area contributed by atoms with Gasteiger partial charge in [0.15, 0.2) is 0 Å². The van der Waals surface area contributed by atoms with E-state index in [1.54, 1.807) is 0 Å². The highest BCUT2D eigenvalue weighted by molar-refractivity contribution is 7.89. The number of hydrogen-bond donors (Lipinski definition) is 2. The third-order valence-corrected chi connectivity index (χ3v) is 12.2. The first-order chi connectivity index (χ1) is 17.5. The molecule has 8 heteroatoms. The molecule has 2 aliphatic carbocycles. The molecule has 3 atom stereocenters. The average molecular weight is 528 g/mol. The molecule has 7 nitrogen and oxygen atoms in total. The Morgan fingerprint density at radius 3 is 2.00 bits per heavy atom. The highest BCUT2D eigenvalue weighted by atomic mass is 32.2. The fourth-order valence-electron chi connectivity index (χ4n) is 6.97. The van der Waals surface area contributed by atoms with Gasteiger partial charge in [-0.05, 0) is 100 Å². The van der Waals surface area contributed by atoms with Crippen molar-refractivity contribution in [3.63, 3.8) is 0 Å². The van der Waals surface area contributed by atoms with Crippen molar-refractivity contribution >= 4 is 10.0 Å². The van der Waals surface area contributed by atoms with E-state index in [2.05, 4.69) is 24.7 Å². The maximum Gasteiger partial charge on any atom is 0.217 e. The largest absolute Gasteiger partial charge is 0.381 e. The molecule has 2 saturated carbocycles. The number of hydrogen-bond acceptors (Lipinski definition) is 6. The van der Waals surface area contributed by atoms with Crippen LogP contribution >= 0.6 is 0 Å². The van der Waals surface area contributed by atoms with Gasteiger partial charge in [0.2, 0.25) is 10.0 Å². The molecule has 36 heavy (non-hydrogen) atoms. The van der Waals surface area contributed by atoms with E-state index in [1.165, 1.54) is 19.3 Å². The molecule has 0 aromatic heterocycles. The van der Waals surface area contributed by atoms with Gasteiger partial charge in [-0.1, -0.05) is 20.3 Å². The molecule has 0 aromatic rings. The molecule has 0 aromatic carbocycles. The summed E-state index contributed by atoms with van der Waals surface area (Å²) in [5.74, 6) is 2.82. The fraction of sp³-hybridized carbons (Fsp3) is 1.00. The van der Waals surface area contributed by atoms with Crippen LogP contribution in [0.1, 0.15) is 90.9 Å². The summed E-state index contributed by atoms with van der Waals surface area (Å²) in [6.07, 6.45) is 12.5. The van der Waals surface area contributed by atoms with Gasteiger partial charge in [-0.15, -0.1) is 0 Å². The number of rotatable bonds is 11. The van der Waals surface area contributed by atoms with Crippen molar-refractivity contribution < 1.29 is 17.9 Å². The summed E-state index contributed by atoms with van der Waals surface area (Å²) < 4.78 is 41.6. The monoisotopic (exact) mass is 527 g/mol. The summed E-state index contributed by atoms with van der Waals surface area (Å²) in [5.41, 5.74) is 6.90. The minimum absolute atomic E-state index is 0.192. The summed E-state index contributed by atoms with van der Waals surface area (Å²) in [6, 6.07) is 0.192. The minimum atomic E-state index is -3.32. The summed E-state index contributed by atoms with van der Waals surface area (Å²) in [5, 5.41) is -0.236. The zero-order valence-electron chi connectivity index (χ0n) is 23.0. The summed E-state index contributed by atoms with van der Waals surface area (Å²) in [7, 11) is -3.32. The second-order valence-corrected chi connectivity index (χ2v) is 14.4. The van der Waals surface area contributed by atoms with Gasteiger partial charge in [0.1, 0.15) is 0 Å². The normalized spacial score (nSPS) is 33.7. The molecule has 0 spiro atoms. The molecule has 2 aliphatic heterocycles. The van der Waals surface area contributed by atoms with Crippen molar-refractivity contribution in [3.8, 4) is 0 Å². The van der Waals surface area contributed by atoms with Crippen LogP contribution < -0.4 is 10.9 Å². The Bertz CT molecular complexity index is 731. The highest BCUT2D eigenvalue weighted by Gasteiger charge is 2.42. The van der Waals surface area contributed by atoms with Gasteiger partial charge in [0.05, 0.1) is 5.25 Å². The lowest BCUT2D eigenvalue weighted by molar-refractivity contribution is 0.0547. The van der Waals surface area contributed by atoms with Crippen LogP contribution in [0.4, 0.5) is 0 Å². The van der Waals surface area contributed by atoms with Crippen LogP contribution in [0.2, 0.25) is 0 Å². The lowest BCUT2D eigenvalue weighted by Crippen LogP contribution is -2.51. The molecule has 2 N–H and O–H groups in total. The Labute approximate surface area is 220 Å². The Morgan fingerprint density at radius 1 is 0.750 bits per heavy atom. The predicted molar refractivity (Wildman–Crippen MR) is 145 cm³/mol. The molecule has 4 rings (SSSR count). The standard InChI is InChI=1S/C28H53N3O4S/c1-3-23-5-7-27(8-6-23)31(21-25-12-16-35-17-13-25)36(32,33)28-9-4-22(2)26(18-28)20-30-29-19-24-10-14-34-15-11-24/h22-30H,3-21H2,1-2H3. The topological polar surface area (TPSA) is 79.9 Å². The maximum atomic E-state index is 14.2. The van der Waals surface area contributed by atoms with E-state index < -0.39 is 10.0 Å². The van der Waals surface area contributed by atoms with Crippen molar-refractivity contribution in [2.45, 2.75) is 102 Å². The number of sulfonamides is 1. The molecule has 0 amide bonds. The second-order valence-electron chi connectivity index (χ2n) is 12.2. The van der Waals surface area contributed by atoms with E-state index in [4.69, 9.17) is 9.47 Å². The molecular weight excluding hydrogens is 474 g/mol. The molecule has 3 unspecified atom stereocenters. The predicted octanol–water partition coefficient (Wildman–Crippen LogP) is 4.34. The fourth-order valence-corrected chi connectivity index (χ4v) is 9.33. The van der Waals surface area contributed by atoms with Gasteiger partial charge in [-0.2, -0.15) is 4.31 Å². The van der Waals surface area contributed by atoms with Crippen LogP contribution in [0.5, 0.6) is 0 Å². The molecule has 0 bridgehead atoms. The Kier molecular flexibility index (Phi) is 11.4. The third-order valence-electron chi connectivity index (χ3n) is 9.86. The van der Waals surface area contributed by atoms with E-state index in [-0.39, 0.29) is 11.3 Å². The first-order valence-corrected chi connectivity index (χ1v) is 16.6. The van der Waals surface area contributed by atoms with E-state index in [9.17, 15) is 8.42 Å². The summed E-state index contributed by atoms with van der Waals surface area (Å²) in [4.78, 5) is 0. The van der Waals surface area contributed by atoms with Crippen molar-refractivity contribution in [2.75, 3.05) is 46.1 Å². The molecule has 2 heterocycles. The van der Waals surface area contributed by atoms with E-state index >= 15 is 0 Å². The van der Waals surface area contributed by atoms with E-state index in [1.807, 2.05) is 4.31 Å². The van der Waals surface area contributed by atoms with Crippen molar-refractivity contribution in [1.82, 2.24) is 15.2 Å². The highest BCUT2D eigenvalue weighted by Crippen LogP contribution is 2.38. The van der Waals surface area contributed by atoms with Crippen LogP contribution in [0.25, 0.3) is 0 Å². The second kappa shape index (κ2) is 14.2. The number of nitrogens with zero attached hydrogens (tertiary/aromatic N) is 1. The lowest BCUT2D eigenvalue weighted by Gasteiger charge is -2.42.